The van der Waals surface area contributed by atoms with Crippen molar-refractivity contribution >= 4 is 22.4 Å². The molecule has 1 atom stereocenters. The van der Waals surface area contributed by atoms with Gasteiger partial charge in [-0.15, -0.1) is 12.4 Å². The summed E-state index contributed by atoms with van der Waals surface area (Å²) in [5.74, 6) is -0.546. The van der Waals surface area contributed by atoms with Gasteiger partial charge < -0.3 is 15.2 Å². The molecule has 0 aliphatic carbocycles. The average Bonchev–Trinajstić information content (AvgIpc) is 2.54. The Morgan fingerprint density at radius 3 is 2.43 bits per heavy atom. The van der Waals surface area contributed by atoms with Crippen molar-refractivity contribution < 1.29 is 22.3 Å². The molecule has 1 saturated heterocycles. The highest BCUT2D eigenvalue weighted by Crippen LogP contribution is 2.34. The molecule has 1 aromatic carbocycles. The third-order valence-electron chi connectivity index (χ3n) is 3.87. The molecule has 1 aromatic rings. The topological polar surface area (TPSA) is 81.9 Å². The number of piperidine rings is 1. The molecule has 1 heterocycles. The average molecular weight is 369 g/mol. The highest BCUT2D eigenvalue weighted by Gasteiger charge is 2.35. The third kappa shape index (κ3) is 3.88. The minimum Gasteiger partial charge on any atom is -0.493 e. The van der Waals surface area contributed by atoms with Crippen LogP contribution in [0.25, 0.3) is 0 Å². The van der Waals surface area contributed by atoms with E-state index in [4.69, 9.17) is 15.2 Å². The Morgan fingerprint density at radius 1 is 1.26 bits per heavy atom. The number of halogens is 2. The van der Waals surface area contributed by atoms with Crippen LogP contribution in [-0.2, 0) is 10.0 Å². The summed E-state index contributed by atoms with van der Waals surface area (Å²) >= 11 is 0. The zero-order valence-electron chi connectivity index (χ0n) is 13.1. The number of methoxy groups -OCH3 is 2. The first kappa shape index (κ1) is 20.0. The lowest BCUT2D eigenvalue weighted by Gasteiger charge is -2.34. The summed E-state index contributed by atoms with van der Waals surface area (Å²) in [6.45, 7) is 0.562. The number of nitrogens with zero attached hydrogens (tertiary/aromatic N) is 1. The fourth-order valence-electron chi connectivity index (χ4n) is 2.69. The molecule has 23 heavy (non-hydrogen) atoms. The van der Waals surface area contributed by atoms with E-state index in [9.17, 15) is 12.8 Å². The molecule has 2 rings (SSSR count). The lowest BCUT2D eigenvalue weighted by molar-refractivity contribution is 0.256. The van der Waals surface area contributed by atoms with Gasteiger partial charge in [-0.1, -0.05) is 6.42 Å². The molecule has 0 saturated carbocycles. The summed E-state index contributed by atoms with van der Waals surface area (Å²) in [5.41, 5.74) is 5.66. The second-order valence-corrected chi connectivity index (χ2v) is 7.00. The van der Waals surface area contributed by atoms with Gasteiger partial charge in [0.25, 0.3) is 0 Å². The monoisotopic (exact) mass is 368 g/mol. The molecule has 0 spiro atoms. The van der Waals surface area contributed by atoms with Crippen molar-refractivity contribution in [2.75, 3.05) is 27.3 Å². The number of ether oxygens (including phenoxy) is 2. The second kappa shape index (κ2) is 8.14. The van der Waals surface area contributed by atoms with Crippen LogP contribution in [-0.4, -0.2) is 46.1 Å². The van der Waals surface area contributed by atoms with Gasteiger partial charge in [0.1, 0.15) is 10.7 Å². The van der Waals surface area contributed by atoms with Crippen molar-refractivity contribution in [3.8, 4) is 11.5 Å². The van der Waals surface area contributed by atoms with E-state index in [2.05, 4.69) is 0 Å². The predicted octanol–water partition coefficient (Wildman–Crippen LogP) is 1.77. The minimum absolute atomic E-state index is 0. The van der Waals surface area contributed by atoms with E-state index in [1.54, 1.807) is 0 Å². The van der Waals surface area contributed by atoms with E-state index in [-0.39, 0.29) is 36.5 Å². The zero-order chi connectivity index (χ0) is 16.3. The van der Waals surface area contributed by atoms with Crippen LogP contribution >= 0.6 is 12.4 Å². The van der Waals surface area contributed by atoms with Gasteiger partial charge in [0, 0.05) is 31.3 Å². The Balaban J connectivity index is 0.00000264. The van der Waals surface area contributed by atoms with Gasteiger partial charge in [-0.05, 0) is 12.8 Å². The Kier molecular flexibility index (Phi) is 7.06. The van der Waals surface area contributed by atoms with Crippen LogP contribution in [0.15, 0.2) is 17.0 Å². The molecule has 0 aromatic heterocycles. The van der Waals surface area contributed by atoms with Crippen molar-refractivity contribution in [1.82, 2.24) is 4.31 Å². The molecule has 1 unspecified atom stereocenters. The standard InChI is InChI=1S/C14H21FN2O4S.ClH/c1-20-12-7-11(15)14(8-13(12)21-2)22(18,19)17-6-4-3-5-10(17)9-16;/h7-8,10H,3-6,9,16H2,1-2H3;1H. The Hall–Kier alpha value is -1.09. The van der Waals surface area contributed by atoms with E-state index in [0.29, 0.717) is 13.0 Å². The molecule has 2 N–H and O–H groups in total. The Labute approximate surface area is 142 Å². The van der Waals surface area contributed by atoms with Crippen molar-refractivity contribution in [1.29, 1.82) is 0 Å². The van der Waals surface area contributed by atoms with E-state index in [1.807, 2.05) is 0 Å². The van der Waals surface area contributed by atoms with Crippen LogP contribution in [0, 0.1) is 5.82 Å². The van der Waals surface area contributed by atoms with E-state index < -0.39 is 20.7 Å². The largest absolute Gasteiger partial charge is 0.493 e. The molecule has 6 nitrogen and oxygen atoms in total. The summed E-state index contributed by atoms with van der Waals surface area (Å²) in [6, 6.07) is 1.88. The van der Waals surface area contributed by atoms with Crippen LogP contribution in [0.5, 0.6) is 11.5 Å². The Bertz CT molecular complexity index is 642. The third-order valence-corrected chi connectivity index (χ3v) is 5.84. The maximum absolute atomic E-state index is 14.3. The smallest absolute Gasteiger partial charge is 0.246 e. The molecule has 9 heteroatoms. The number of sulfonamides is 1. The highest BCUT2D eigenvalue weighted by molar-refractivity contribution is 7.89. The van der Waals surface area contributed by atoms with Gasteiger partial charge in [0.2, 0.25) is 10.0 Å². The van der Waals surface area contributed by atoms with Crippen molar-refractivity contribution in [3.63, 3.8) is 0 Å². The number of hydrogen-bond donors (Lipinski definition) is 1. The van der Waals surface area contributed by atoms with Gasteiger partial charge in [-0.3, -0.25) is 0 Å². The zero-order valence-corrected chi connectivity index (χ0v) is 14.8. The van der Waals surface area contributed by atoms with Crippen LogP contribution in [0.1, 0.15) is 19.3 Å². The van der Waals surface area contributed by atoms with Crippen LogP contribution < -0.4 is 15.2 Å². The van der Waals surface area contributed by atoms with E-state index >= 15 is 0 Å². The first-order valence-electron chi connectivity index (χ1n) is 7.09. The quantitative estimate of drug-likeness (QED) is 0.856. The SMILES string of the molecule is COc1cc(F)c(S(=O)(=O)N2CCCCC2CN)cc1OC.Cl. The van der Waals surface area contributed by atoms with Gasteiger partial charge in [0.05, 0.1) is 14.2 Å². The van der Waals surface area contributed by atoms with E-state index in [1.165, 1.54) is 18.5 Å². The van der Waals surface area contributed by atoms with Crippen molar-refractivity contribution in [2.45, 2.75) is 30.2 Å². The van der Waals surface area contributed by atoms with Crippen LogP contribution in [0.3, 0.4) is 0 Å². The molecule has 1 aliphatic heterocycles. The normalized spacial score (nSPS) is 19.0. The molecular formula is C14H22ClFN2O4S. The fraction of sp³-hybridized carbons (Fsp3) is 0.571. The fourth-order valence-corrected chi connectivity index (χ4v) is 4.45. The lowest BCUT2D eigenvalue weighted by atomic mass is 10.1. The first-order chi connectivity index (χ1) is 10.5. The number of rotatable bonds is 5. The molecule has 0 amide bonds. The van der Waals surface area contributed by atoms with Gasteiger partial charge >= 0.3 is 0 Å². The van der Waals surface area contributed by atoms with E-state index in [0.717, 1.165) is 25.0 Å². The molecular weight excluding hydrogens is 347 g/mol. The summed E-state index contributed by atoms with van der Waals surface area (Å²) in [7, 11) is -1.24. The maximum Gasteiger partial charge on any atom is 0.246 e. The van der Waals surface area contributed by atoms with Crippen molar-refractivity contribution in [2.24, 2.45) is 5.73 Å². The van der Waals surface area contributed by atoms with Crippen molar-refractivity contribution in [3.05, 3.63) is 17.9 Å². The van der Waals surface area contributed by atoms with Crippen LogP contribution in [0.4, 0.5) is 4.39 Å². The highest BCUT2D eigenvalue weighted by atomic mass is 35.5. The number of hydrogen-bond acceptors (Lipinski definition) is 5. The maximum atomic E-state index is 14.3. The van der Waals surface area contributed by atoms with Gasteiger partial charge in [-0.2, -0.15) is 4.31 Å². The predicted molar refractivity (Wildman–Crippen MR) is 87.3 cm³/mol. The number of nitrogens with two attached hydrogens (primary N) is 1. The summed E-state index contributed by atoms with van der Waals surface area (Å²) in [6.07, 6.45) is 2.34. The summed E-state index contributed by atoms with van der Waals surface area (Å²) in [5, 5.41) is 0. The van der Waals surface area contributed by atoms with Crippen LogP contribution in [0.2, 0.25) is 0 Å². The summed E-state index contributed by atoms with van der Waals surface area (Å²) in [4.78, 5) is -0.412. The molecule has 132 valence electrons. The minimum atomic E-state index is -3.97. The Morgan fingerprint density at radius 2 is 1.87 bits per heavy atom. The second-order valence-electron chi connectivity index (χ2n) is 5.14. The molecule has 1 aliphatic rings. The first-order valence-corrected chi connectivity index (χ1v) is 8.53. The molecule has 0 bridgehead atoms. The molecule has 0 radical (unpaired) electrons. The molecule has 1 fully saturated rings. The number of benzene rings is 1. The van der Waals surface area contributed by atoms with Gasteiger partial charge in [0.15, 0.2) is 11.5 Å². The summed E-state index contributed by atoms with van der Waals surface area (Å²) < 4.78 is 51.2. The lowest BCUT2D eigenvalue weighted by Crippen LogP contribution is -2.47. The van der Waals surface area contributed by atoms with Gasteiger partial charge in [-0.25, -0.2) is 12.8 Å².